The Morgan fingerprint density at radius 3 is 1.98 bits per heavy atom. The Bertz CT molecular complexity index is 1290. The molecule has 224 valence electrons. The van der Waals surface area contributed by atoms with Crippen LogP contribution in [0.2, 0.25) is 0 Å². The summed E-state index contributed by atoms with van der Waals surface area (Å²) in [7, 11) is 0. The van der Waals surface area contributed by atoms with Crippen molar-refractivity contribution in [3.05, 3.63) is 59.7 Å². The Morgan fingerprint density at radius 2 is 1.43 bits per heavy atom. The molecular weight excluding hydrogens is 556 g/mol. The molecule has 2 fully saturated rings. The summed E-state index contributed by atoms with van der Waals surface area (Å²) in [4.78, 5) is 56.6. The van der Waals surface area contributed by atoms with Gasteiger partial charge in [-0.3, -0.25) is 14.5 Å². The van der Waals surface area contributed by atoms with E-state index in [1.807, 2.05) is 4.90 Å². The molecule has 2 aliphatic rings. The third-order valence-electron chi connectivity index (χ3n) is 7.55. The molecule has 0 radical (unpaired) electrons. The van der Waals surface area contributed by atoms with Crippen LogP contribution in [-0.4, -0.2) is 84.1 Å². The number of piperidine rings is 1. The van der Waals surface area contributed by atoms with Crippen molar-refractivity contribution in [3.63, 3.8) is 0 Å². The van der Waals surface area contributed by atoms with Gasteiger partial charge < -0.3 is 24.6 Å². The van der Waals surface area contributed by atoms with E-state index in [0.29, 0.717) is 40.1 Å². The zero-order chi connectivity index (χ0) is 30.2. The monoisotopic (exact) mass is 594 g/mol. The number of esters is 2. The number of ether oxygens (including phenoxy) is 2. The number of anilines is 2. The van der Waals surface area contributed by atoms with E-state index in [0.717, 1.165) is 32.5 Å². The lowest BCUT2D eigenvalue weighted by atomic mass is 9.99. The summed E-state index contributed by atoms with van der Waals surface area (Å²) in [5.41, 5.74) is 1.78. The maximum atomic E-state index is 13.8. The van der Waals surface area contributed by atoms with Crippen molar-refractivity contribution in [1.29, 1.82) is 0 Å². The van der Waals surface area contributed by atoms with Gasteiger partial charge in [0.25, 0.3) is 5.91 Å². The highest BCUT2D eigenvalue weighted by Crippen LogP contribution is 2.28. The fourth-order valence-corrected chi connectivity index (χ4v) is 5.53. The summed E-state index contributed by atoms with van der Waals surface area (Å²) in [6.45, 7) is 9.47. The highest BCUT2D eigenvalue weighted by atomic mass is 32.1. The molecule has 2 amide bonds. The van der Waals surface area contributed by atoms with Gasteiger partial charge >= 0.3 is 11.9 Å². The lowest BCUT2D eigenvalue weighted by Crippen LogP contribution is -2.44. The third-order valence-corrected chi connectivity index (χ3v) is 7.96. The number of carbonyl (C=O) groups is 4. The molecule has 2 heterocycles. The van der Waals surface area contributed by atoms with Crippen LogP contribution in [0.1, 0.15) is 60.7 Å². The number of carbonyl (C=O) groups excluding carboxylic acids is 4. The number of likely N-dealkylation sites (tertiary alicyclic amines) is 1. The van der Waals surface area contributed by atoms with E-state index in [2.05, 4.69) is 17.1 Å². The molecule has 2 aromatic carbocycles. The fraction of sp³-hybridized carbons (Fsp3) is 0.452. The second-order valence-electron chi connectivity index (χ2n) is 10.5. The van der Waals surface area contributed by atoms with Crippen LogP contribution in [0, 0.1) is 5.92 Å². The third kappa shape index (κ3) is 7.51. The molecule has 11 heteroatoms. The molecular formula is C31H38N4O6S. The van der Waals surface area contributed by atoms with E-state index in [-0.39, 0.29) is 31.4 Å². The molecule has 42 heavy (non-hydrogen) atoms. The predicted molar refractivity (Wildman–Crippen MR) is 163 cm³/mol. The Labute approximate surface area is 251 Å². The summed E-state index contributed by atoms with van der Waals surface area (Å²) in [5, 5.41) is 3.15. The normalized spacial score (nSPS) is 17.8. The van der Waals surface area contributed by atoms with E-state index in [4.69, 9.17) is 21.7 Å². The minimum Gasteiger partial charge on any atom is -0.462 e. The molecule has 0 unspecified atom stereocenters. The number of amides is 2. The minimum absolute atomic E-state index is 0.104. The SMILES string of the molecule is CCOC(=O)c1ccc(NC(=O)C[C@@H]2C(=O)N(c3ccc(C(=O)OCC)cc3)C(=S)N2CCN2CCC(C)CC2)cc1. The lowest BCUT2D eigenvalue weighted by Gasteiger charge is -2.32. The zero-order valence-electron chi connectivity index (χ0n) is 24.3. The standard InChI is InChI=1S/C31H38N4O6S/c1-4-40-29(38)22-6-10-24(11-7-22)32-27(36)20-26-28(37)35(25-12-8-23(9-13-25)30(39)41-5-2)31(42)34(26)19-18-33-16-14-21(3)15-17-33/h6-13,21,26H,4-5,14-20H2,1-3H3,(H,32,36)/t26-/m1/s1. The predicted octanol–water partition coefficient (Wildman–Crippen LogP) is 4.10. The van der Waals surface area contributed by atoms with Gasteiger partial charge in [0.15, 0.2) is 5.11 Å². The second kappa shape index (κ2) is 14.4. The van der Waals surface area contributed by atoms with Gasteiger partial charge in [-0.05, 0) is 106 Å². The van der Waals surface area contributed by atoms with Crippen molar-refractivity contribution in [2.24, 2.45) is 5.92 Å². The molecule has 1 N–H and O–H groups in total. The van der Waals surface area contributed by atoms with Gasteiger partial charge in [-0.25, -0.2) is 9.59 Å². The average molecular weight is 595 g/mol. The smallest absolute Gasteiger partial charge is 0.338 e. The fourth-order valence-electron chi connectivity index (χ4n) is 5.11. The maximum Gasteiger partial charge on any atom is 0.338 e. The number of benzene rings is 2. The van der Waals surface area contributed by atoms with Gasteiger partial charge in [0.1, 0.15) is 6.04 Å². The van der Waals surface area contributed by atoms with Gasteiger partial charge in [0, 0.05) is 18.8 Å². The molecule has 4 rings (SSSR count). The topological polar surface area (TPSA) is 108 Å². The lowest BCUT2D eigenvalue weighted by molar-refractivity contribution is -0.124. The Hall–Kier alpha value is -3.83. The van der Waals surface area contributed by atoms with E-state index < -0.39 is 18.0 Å². The summed E-state index contributed by atoms with van der Waals surface area (Å²) in [5.74, 6) is -0.830. The van der Waals surface area contributed by atoms with Crippen molar-refractivity contribution in [1.82, 2.24) is 9.80 Å². The van der Waals surface area contributed by atoms with Gasteiger partial charge in [-0.15, -0.1) is 0 Å². The van der Waals surface area contributed by atoms with Crippen molar-refractivity contribution >= 4 is 52.5 Å². The first kappa shape index (κ1) is 31.1. The van der Waals surface area contributed by atoms with E-state index in [9.17, 15) is 19.2 Å². The first-order valence-corrected chi connectivity index (χ1v) is 14.8. The number of nitrogens with one attached hydrogen (secondary N) is 1. The van der Waals surface area contributed by atoms with Gasteiger partial charge in [0.05, 0.1) is 36.4 Å². The average Bonchev–Trinajstić information content (AvgIpc) is 3.21. The van der Waals surface area contributed by atoms with Crippen LogP contribution in [0.15, 0.2) is 48.5 Å². The van der Waals surface area contributed by atoms with E-state index in [1.165, 1.54) is 4.90 Å². The largest absolute Gasteiger partial charge is 0.462 e. The number of hydrogen-bond acceptors (Lipinski definition) is 8. The van der Waals surface area contributed by atoms with E-state index in [1.54, 1.807) is 62.4 Å². The van der Waals surface area contributed by atoms with Crippen molar-refractivity contribution in [3.8, 4) is 0 Å². The van der Waals surface area contributed by atoms with Crippen LogP contribution in [0.3, 0.4) is 0 Å². The second-order valence-corrected chi connectivity index (χ2v) is 10.9. The van der Waals surface area contributed by atoms with Crippen molar-refractivity contribution in [2.75, 3.05) is 49.6 Å². The van der Waals surface area contributed by atoms with Crippen molar-refractivity contribution < 1.29 is 28.7 Å². The number of rotatable bonds is 11. The van der Waals surface area contributed by atoms with E-state index >= 15 is 0 Å². The molecule has 0 aliphatic carbocycles. The summed E-state index contributed by atoms with van der Waals surface area (Å²) < 4.78 is 10.1. The maximum absolute atomic E-state index is 13.8. The quantitative estimate of drug-likeness (QED) is 0.304. The molecule has 1 atom stereocenters. The molecule has 10 nitrogen and oxygen atoms in total. The molecule has 2 saturated heterocycles. The van der Waals surface area contributed by atoms with Gasteiger partial charge in [0.2, 0.25) is 5.91 Å². The number of nitrogens with zero attached hydrogens (tertiary/aromatic N) is 3. The number of hydrogen-bond donors (Lipinski definition) is 1. The van der Waals surface area contributed by atoms with Gasteiger partial charge in [-0.1, -0.05) is 6.92 Å². The summed E-state index contributed by atoms with van der Waals surface area (Å²) in [6.07, 6.45) is 2.15. The first-order valence-electron chi connectivity index (χ1n) is 14.4. The van der Waals surface area contributed by atoms with Crippen LogP contribution in [0.25, 0.3) is 0 Å². The Kier molecular flexibility index (Phi) is 10.6. The minimum atomic E-state index is -0.787. The molecule has 0 bridgehead atoms. The molecule has 0 saturated carbocycles. The molecule has 2 aromatic rings. The number of thiocarbonyl (C=S) groups is 1. The van der Waals surface area contributed by atoms with Gasteiger partial charge in [-0.2, -0.15) is 0 Å². The highest BCUT2D eigenvalue weighted by molar-refractivity contribution is 7.80. The molecule has 2 aliphatic heterocycles. The van der Waals surface area contributed by atoms with Crippen LogP contribution in [0.5, 0.6) is 0 Å². The molecule has 0 aromatic heterocycles. The Balaban J connectivity index is 1.49. The Morgan fingerprint density at radius 1 is 0.881 bits per heavy atom. The van der Waals surface area contributed by atoms with Crippen LogP contribution < -0.4 is 10.2 Å². The summed E-state index contributed by atoms with van der Waals surface area (Å²) >= 11 is 5.80. The van der Waals surface area contributed by atoms with Crippen molar-refractivity contribution in [2.45, 2.75) is 46.1 Å². The van der Waals surface area contributed by atoms with Crippen LogP contribution in [0.4, 0.5) is 11.4 Å². The first-order chi connectivity index (χ1) is 20.2. The molecule has 0 spiro atoms. The summed E-state index contributed by atoms with van der Waals surface area (Å²) in [6, 6.07) is 12.1. The highest BCUT2D eigenvalue weighted by Gasteiger charge is 2.44. The van der Waals surface area contributed by atoms with Crippen LogP contribution in [-0.2, 0) is 19.1 Å². The van der Waals surface area contributed by atoms with Crippen LogP contribution >= 0.6 is 12.2 Å². The zero-order valence-corrected chi connectivity index (χ0v) is 25.2.